The molecule has 1 heterocycles. The lowest BCUT2D eigenvalue weighted by Crippen LogP contribution is -2.38. The number of benzene rings is 1. The van der Waals surface area contributed by atoms with Crippen LogP contribution < -0.4 is 0 Å². The minimum Gasteiger partial charge on any atom is -0.374 e. The predicted molar refractivity (Wildman–Crippen MR) is 81.4 cm³/mol. The van der Waals surface area contributed by atoms with Gasteiger partial charge < -0.3 is 9.47 Å². The highest BCUT2D eigenvalue weighted by Gasteiger charge is 2.28. The largest absolute Gasteiger partial charge is 0.374 e. The lowest BCUT2D eigenvalue weighted by Gasteiger charge is -2.21. The third kappa shape index (κ3) is 4.93. The van der Waals surface area contributed by atoms with Crippen LogP contribution in [-0.4, -0.2) is 50.9 Å². The minimum atomic E-state index is -3.25. The van der Waals surface area contributed by atoms with Gasteiger partial charge in [0.05, 0.1) is 31.7 Å². The molecular formula is C15H21NO4S. The standard InChI is InChI=1S/C15H21NO4S/c1-2-8-16-11-15(20-9-10-21(16,17)18)13-19-12-14-6-4-3-5-7-14/h2-7,15H,1,8-13H2/t15-/m0/s1. The molecule has 1 fully saturated rings. The second-order valence-corrected chi connectivity index (χ2v) is 7.00. The summed E-state index contributed by atoms with van der Waals surface area (Å²) < 4.78 is 36.6. The van der Waals surface area contributed by atoms with Crippen LogP contribution in [0.5, 0.6) is 0 Å². The second kappa shape index (κ2) is 7.70. The first-order chi connectivity index (χ1) is 10.1. The lowest BCUT2D eigenvalue weighted by molar-refractivity contribution is -0.0181. The van der Waals surface area contributed by atoms with E-state index >= 15 is 0 Å². The Morgan fingerprint density at radius 1 is 1.38 bits per heavy atom. The van der Waals surface area contributed by atoms with Gasteiger partial charge in [-0.15, -0.1) is 6.58 Å². The summed E-state index contributed by atoms with van der Waals surface area (Å²) in [5, 5.41) is 0. The molecule has 1 atom stereocenters. The van der Waals surface area contributed by atoms with E-state index in [0.717, 1.165) is 5.56 Å². The lowest BCUT2D eigenvalue weighted by atomic mass is 10.2. The molecule has 6 heteroatoms. The molecule has 1 aliphatic rings. The topological polar surface area (TPSA) is 55.8 Å². The van der Waals surface area contributed by atoms with Gasteiger partial charge in [-0.2, -0.15) is 4.31 Å². The molecule has 1 aromatic carbocycles. The summed E-state index contributed by atoms with van der Waals surface area (Å²) >= 11 is 0. The maximum atomic E-state index is 12.0. The second-order valence-electron chi connectivity index (χ2n) is 4.92. The van der Waals surface area contributed by atoms with Gasteiger partial charge in [0.2, 0.25) is 10.0 Å². The molecule has 0 bridgehead atoms. The Hall–Kier alpha value is -1.21. The van der Waals surface area contributed by atoms with Gasteiger partial charge in [0.25, 0.3) is 0 Å². The number of nitrogens with zero attached hydrogens (tertiary/aromatic N) is 1. The SMILES string of the molecule is C=CCN1C[C@@H](COCc2ccccc2)OCCS1(=O)=O. The van der Waals surface area contributed by atoms with Gasteiger partial charge in [-0.05, 0) is 5.56 Å². The molecule has 21 heavy (non-hydrogen) atoms. The van der Waals surface area contributed by atoms with Crippen molar-refractivity contribution in [2.24, 2.45) is 0 Å². The Labute approximate surface area is 126 Å². The summed E-state index contributed by atoms with van der Waals surface area (Å²) in [5.41, 5.74) is 1.08. The Morgan fingerprint density at radius 3 is 2.86 bits per heavy atom. The molecule has 0 unspecified atom stereocenters. The van der Waals surface area contributed by atoms with Crippen molar-refractivity contribution < 1.29 is 17.9 Å². The van der Waals surface area contributed by atoms with E-state index in [9.17, 15) is 8.42 Å². The zero-order valence-electron chi connectivity index (χ0n) is 12.0. The van der Waals surface area contributed by atoms with E-state index in [1.807, 2.05) is 30.3 Å². The van der Waals surface area contributed by atoms with E-state index in [2.05, 4.69) is 6.58 Å². The quantitative estimate of drug-likeness (QED) is 0.746. The van der Waals surface area contributed by atoms with E-state index in [4.69, 9.17) is 9.47 Å². The Kier molecular flexibility index (Phi) is 5.93. The molecule has 1 saturated heterocycles. The van der Waals surface area contributed by atoms with E-state index < -0.39 is 10.0 Å². The summed E-state index contributed by atoms with van der Waals surface area (Å²) in [4.78, 5) is 0. The summed E-state index contributed by atoms with van der Waals surface area (Å²) in [5.74, 6) is 0.00995. The van der Waals surface area contributed by atoms with Crippen LogP contribution in [0.1, 0.15) is 5.56 Å². The summed E-state index contributed by atoms with van der Waals surface area (Å²) in [6, 6.07) is 9.85. The van der Waals surface area contributed by atoms with Crippen LogP contribution in [0.15, 0.2) is 43.0 Å². The molecule has 0 aliphatic carbocycles. The number of sulfonamides is 1. The fourth-order valence-corrected chi connectivity index (χ4v) is 3.45. The zero-order valence-corrected chi connectivity index (χ0v) is 12.8. The van der Waals surface area contributed by atoms with Crippen LogP contribution in [0.25, 0.3) is 0 Å². The van der Waals surface area contributed by atoms with Crippen LogP contribution in [0.3, 0.4) is 0 Å². The predicted octanol–water partition coefficient (Wildman–Crippen LogP) is 1.42. The maximum absolute atomic E-state index is 12.0. The molecule has 1 aliphatic heterocycles. The van der Waals surface area contributed by atoms with Crippen LogP contribution in [0.2, 0.25) is 0 Å². The van der Waals surface area contributed by atoms with Gasteiger partial charge in [-0.25, -0.2) is 8.42 Å². The average Bonchev–Trinajstić information content (AvgIpc) is 2.60. The maximum Gasteiger partial charge on any atom is 0.216 e. The Bertz CT molecular complexity index is 544. The highest BCUT2D eigenvalue weighted by molar-refractivity contribution is 7.89. The van der Waals surface area contributed by atoms with E-state index in [1.54, 1.807) is 6.08 Å². The number of ether oxygens (including phenoxy) is 2. The summed E-state index contributed by atoms with van der Waals surface area (Å²) in [6.07, 6.45) is 1.34. The monoisotopic (exact) mass is 311 g/mol. The van der Waals surface area contributed by atoms with Crippen molar-refractivity contribution in [3.8, 4) is 0 Å². The summed E-state index contributed by atoms with van der Waals surface area (Å²) in [6.45, 7) is 5.29. The molecule has 5 nitrogen and oxygen atoms in total. The Balaban J connectivity index is 1.86. The molecule has 0 radical (unpaired) electrons. The fraction of sp³-hybridized carbons (Fsp3) is 0.467. The van der Waals surface area contributed by atoms with Crippen LogP contribution in [-0.2, 0) is 26.1 Å². The number of hydrogen-bond acceptors (Lipinski definition) is 4. The van der Waals surface area contributed by atoms with Gasteiger partial charge in [-0.3, -0.25) is 0 Å². The smallest absolute Gasteiger partial charge is 0.216 e. The first-order valence-electron chi connectivity index (χ1n) is 6.94. The molecule has 0 aromatic heterocycles. The van der Waals surface area contributed by atoms with Crippen molar-refractivity contribution in [3.63, 3.8) is 0 Å². The molecular weight excluding hydrogens is 290 g/mol. The van der Waals surface area contributed by atoms with Gasteiger partial charge in [-0.1, -0.05) is 36.4 Å². The highest BCUT2D eigenvalue weighted by atomic mass is 32.2. The first-order valence-corrected chi connectivity index (χ1v) is 8.55. The van der Waals surface area contributed by atoms with Crippen molar-refractivity contribution in [1.82, 2.24) is 4.31 Å². The average molecular weight is 311 g/mol. The highest BCUT2D eigenvalue weighted by Crippen LogP contribution is 2.12. The van der Waals surface area contributed by atoms with Crippen LogP contribution in [0, 0.1) is 0 Å². The molecule has 1 aromatic rings. The van der Waals surface area contributed by atoms with Gasteiger partial charge in [0.1, 0.15) is 0 Å². The first kappa shape index (κ1) is 16.2. The zero-order chi connectivity index (χ0) is 15.1. The van der Waals surface area contributed by atoms with Crippen LogP contribution in [0.4, 0.5) is 0 Å². The van der Waals surface area contributed by atoms with Gasteiger partial charge >= 0.3 is 0 Å². The summed E-state index contributed by atoms with van der Waals surface area (Å²) in [7, 11) is -3.25. The molecule has 0 saturated carbocycles. The number of hydrogen-bond donors (Lipinski definition) is 0. The van der Waals surface area contributed by atoms with E-state index in [1.165, 1.54) is 4.31 Å². The number of rotatable bonds is 6. The molecule has 116 valence electrons. The van der Waals surface area contributed by atoms with Crippen molar-refractivity contribution in [2.45, 2.75) is 12.7 Å². The third-order valence-electron chi connectivity index (χ3n) is 3.24. The van der Waals surface area contributed by atoms with Crippen molar-refractivity contribution in [1.29, 1.82) is 0 Å². The fourth-order valence-electron chi connectivity index (χ4n) is 2.16. The van der Waals surface area contributed by atoms with Crippen molar-refractivity contribution in [2.75, 3.05) is 32.1 Å². The molecule has 0 amide bonds. The van der Waals surface area contributed by atoms with E-state index in [0.29, 0.717) is 26.3 Å². The molecule has 0 N–H and O–H groups in total. The molecule has 2 rings (SSSR count). The molecule has 0 spiro atoms. The van der Waals surface area contributed by atoms with Crippen LogP contribution >= 0.6 is 0 Å². The van der Waals surface area contributed by atoms with Gasteiger partial charge in [0.15, 0.2) is 0 Å². The normalized spacial score (nSPS) is 22.6. The minimum absolute atomic E-state index is 0.00995. The van der Waals surface area contributed by atoms with E-state index in [-0.39, 0.29) is 18.5 Å². The Morgan fingerprint density at radius 2 is 2.14 bits per heavy atom. The van der Waals surface area contributed by atoms with Crippen molar-refractivity contribution in [3.05, 3.63) is 48.6 Å². The third-order valence-corrected chi connectivity index (χ3v) is 5.01. The van der Waals surface area contributed by atoms with Crippen molar-refractivity contribution >= 4 is 10.0 Å². The van der Waals surface area contributed by atoms with Gasteiger partial charge in [0, 0.05) is 13.1 Å².